The molecule has 1 fully saturated rings. The van der Waals surface area contributed by atoms with E-state index in [1.54, 1.807) is 4.90 Å². The first kappa shape index (κ1) is 19.9. The van der Waals surface area contributed by atoms with Crippen molar-refractivity contribution >= 4 is 11.6 Å². The topological polar surface area (TPSA) is 58.8 Å². The van der Waals surface area contributed by atoms with E-state index in [0.717, 1.165) is 17.8 Å². The van der Waals surface area contributed by atoms with Crippen LogP contribution in [-0.2, 0) is 6.61 Å². The molecule has 0 bridgehead atoms. The number of carbonyl (C=O) groups excluding carboxylic acids is 1. The van der Waals surface area contributed by atoms with E-state index in [4.69, 9.17) is 9.26 Å². The number of benzene rings is 2. The van der Waals surface area contributed by atoms with Crippen LogP contribution in [0.2, 0.25) is 0 Å². The van der Waals surface area contributed by atoms with Gasteiger partial charge in [0, 0.05) is 37.4 Å². The molecule has 0 N–H and O–H groups in total. The van der Waals surface area contributed by atoms with Crippen molar-refractivity contribution in [1.29, 1.82) is 0 Å². The van der Waals surface area contributed by atoms with Gasteiger partial charge in [-0.2, -0.15) is 0 Å². The number of ether oxygens (including phenoxy) is 1. The zero-order valence-electron chi connectivity index (χ0n) is 16.4. The number of hydrogen-bond donors (Lipinski definition) is 0. The van der Waals surface area contributed by atoms with Crippen LogP contribution in [0, 0.1) is 11.6 Å². The first-order chi connectivity index (χ1) is 14.5. The molecule has 0 unspecified atom stereocenters. The Kier molecular flexibility index (Phi) is 5.65. The number of aromatic nitrogens is 1. The number of rotatable bonds is 5. The Morgan fingerprint density at radius 2 is 1.87 bits per heavy atom. The summed E-state index contributed by atoms with van der Waals surface area (Å²) in [5.41, 5.74) is 1.26. The molecule has 1 amide bonds. The molecule has 2 aromatic carbocycles. The van der Waals surface area contributed by atoms with Gasteiger partial charge in [0.1, 0.15) is 6.61 Å². The van der Waals surface area contributed by atoms with Gasteiger partial charge in [-0.1, -0.05) is 29.4 Å². The van der Waals surface area contributed by atoms with Crippen molar-refractivity contribution in [3.05, 3.63) is 77.7 Å². The summed E-state index contributed by atoms with van der Waals surface area (Å²) in [5, 5.41) is 3.81. The monoisotopic (exact) mass is 413 g/mol. The summed E-state index contributed by atoms with van der Waals surface area (Å²) in [4.78, 5) is 16.9. The van der Waals surface area contributed by atoms with Crippen molar-refractivity contribution in [2.24, 2.45) is 0 Å². The predicted molar refractivity (Wildman–Crippen MR) is 106 cm³/mol. The van der Waals surface area contributed by atoms with Crippen molar-refractivity contribution in [3.63, 3.8) is 0 Å². The average Bonchev–Trinajstić information content (AvgIpc) is 3.22. The van der Waals surface area contributed by atoms with E-state index in [2.05, 4.69) is 10.1 Å². The zero-order valence-corrected chi connectivity index (χ0v) is 16.4. The van der Waals surface area contributed by atoms with Crippen LogP contribution < -0.4 is 9.64 Å². The molecule has 0 aliphatic carbocycles. The fraction of sp³-hybridized carbons (Fsp3) is 0.273. The molecule has 1 aromatic heterocycles. The maximum atomic E-state index is 13.7. The van der Waals surface area contributed by atoms with Crippen molar-refractivity contribution in [1.82, 2.24) is 10.1 Å². The normalized spacial score (nSPS) is 16.6. The van der Waals surface area contributed by atoms with Crippen molar-refractivity contribution in [2.75, 3.05) is 24.5 Å². The molecule has 1 aliphatic rings. The molecule has 3 aromatic rings. The first-order valence-electron chi connectivity index (χ1n) is 9.66. The van der Waals surface area contributed by atoms with Crippen molar-refractivity contribution in [2.45, 2.75) is 19.6 Å². The van der Waals surface area contributed by atoms with Gasteiger partial charge in [0.25, 0.3) is 5.91 Å². The number of piperazine rings is 1. The van der Waals surface area contributed by atoms with E-state index in [9.17, 15) is 13.6 Å². The van der Waals surface area contributed by atoms with E-state index >= 15 is 0 Å². The number of hydrogen-bond acceptors (Lipinski definition) is 5. The van der Waals surface area contributed by atoms with Gasteiger partial charge in [0.15, 0.2) is 28.8 Å². The molecule has 1 saturated heterocycles. The minimum absolute atomic E-state index is 0.0182. The highest BCUT2D eigenvalue weighted by atomic mass is 19.1. The van der Waals surface area contributed by atoms with Crippen molar-refractivity contribution in [3.8, 4) is 5.75 Å². The smallest absolute Gasteiger partial charge is 0.276 e. The Labute approximate surface area is 172 Å². The number of para-hydroxylation sites is 2. The van der Waals surface area contributed by atoms with Crippen molar-refractivity contribution < 1.29 is 22.8 Å². The summed E-state index contributed by atoms with van der Waals surface area (Å²) >= 11 is 0. The van der Waals surface area contributed by atoms with Crippen LogP contribution in [0.25, 0.3) is 0 Å². The first-order valence-corrected chi connectivity index (χ1v) is 9.66. The van der Waals surface area contributed by atoms with Gasteiger partial charge < -0.3 is 19.1 Å². The van der Waals surface area contributed by atoms with Crippen LogP contribution in [0.1, 0.15) is 23.2 Å². The lowest BCUT2D eigenvalue weighted by atomic mass is 10.1. The van der Waals surface area contributed by atoms with E-state index in [1.807, 2.05) is 37.3 Å². The fourth-order valence-corrected chi connectivity index (χ4v) is 3.53. The number of anilines is 1. The highest BCUT2D eigenvalue weighted by molar-refractivity contribution is 5.92. The lowest BCUT2D eigenvalue weighted by molar-refractivity contribution is 0.0663. The maximum Gasteiger partial charge on any atom is 0.276 e. The third-order valence-corrected chi connectivity index (χ3v) is 5.07. The van der Waals surface area contributed by atoms with E-state index in [1.165, 1.54) is 12.1 Å². The highest BCUT2D eigenvalue weighted by Crippen LogP contribution is 2.23. The summed E-state index contributed by atoms with van der Waals surface area (Å²) in [6.07, 6.45) is 0. The molecule has 2 heterocycles. The average molecular weight is 413 g/mol. The summed E-state index contributed by atoms with van der Waals surface area (Å²) in [5.74, 6) is -2.15. The lowest BCUT2D eigenvalue weighted by Gasteiger charge is -2.40. The largest absolute Gasteiger partial charge is 0.479 e. The third kappa shape index (κ3) is 4.12. The van der Waals surface area contributed by atoms with Crippen LogP contribution >= 0.6 is 0 Å². The fourth-order valence-electron chi connectivity index (χ4n) is 3.53. The second kappa shape index (κ2) is 8.52. The van der Waals surface area contributed by atoms with E-state index in [-0.39, 0.29) is 30.0 Å². The van der Waals surface area contributed by atoms with Gasteiger partial charge in [0.2, 0.25) is 0 Å². The maximum absolute atomic E-state index is 13.7. The predicted octanol–water partition coefficient (Wildman–Crippen LogP) is 3.88. The Bertz CT molecular complexity index is 1010. The highest BCUT2D eigenvalue weighted by Gasteiger charge is 2.30. The number of amides is 1. The molecule has 6 nitrogen and oxygen atoms in total. The molecule has 156 valence electrons. The van der Waals surface area contributed by atoms with Crippen LogP contribution in [0.4, 0.5) is 14.5 Å². The Morgan fingerprint density at radius 1 is 1.13 bits per heavy atom. The number of halogens is 2. The second-order valence-corrected chi connectivity index (χ2v) is 7.15. The van der Waals surface area contributed by atoms with Crippen LogP contribution in [0.3, 0.4) is 0 Å². The quantitative estimate of drug-likeness (QED) is 0.635. The summed E-state index contributed by atoms with van der Waals surface area (Å²) in [7, 11) is 0. The van der Waals surface area contributed by atoms with E-state index < -0.39 is 17.4 Å². The summed E-state index contributed by atoms with van der Waals surface area (Å²) < 4.78 is 37.6. The Balaban J connectivity index is 1.38. The summed E-state index contributed by atoms with van der Waals surface area (Å²) in [6.45, 7) is 3.71. The summed E-state index contributed by atoms with van der Waals surface area (Å²) in [6, 6.07) is 14.9. The van der Waals surface area contributed by atoms with Crippen LogP contribution in [0.15, 0.2) is 59.1 Å². The Morgan fingerprint density at radius 3 is 2.57 bits per heavy atom. The van der Waals surface area contributed by atoms with Gasteiger partial charge in [-0.05, 0) is 31.2 Å². The molecule has 8 heteroatoms. The zero-order chi connectivity index (χ0) is 21.1. The van der Waals surface area contributed by atoms with Gasteiger partial charge in [-0.15, -0.1) is 0 Å². The Hall–Kier alpha value is -3.42. The molecule has 0 spiro atoms. The number of carbonyl (C=O) groups is 1. The lowest BCUT2D eigenvalue weighted by Crippen LogP contribution is -2.54. The van der Waals surface area contributed by atoms with E-state index in [0.29, 0.717) is 19.6 Å². The molecule has 4 rings (SSSR count). The molecule has 0 radical (unpaired) electrons. The minimum atomic E-state index is -0.809. The molecular formula is C22H21F2N3O3. The van der Waals surface area contributed by atoms with Gasteiger partial charge in [-0.3, -0.25) is 4.79 Å². The van der Waals surface area contributed by atoms with Crippen LogP contribution in [0.5, 0.6) is 5.75 Å². The molecule has 0 saturated carbocycles. The van der Waals surface area contributed by atoms with Gasteiger partial charge >= 0.3 is 0 Å². The molecule has 30 heavy (non-hydrogen) atoms. The minimum Gasteiger partial charge on any atom is -0.479 e. The second-order valence-electron chi connectivity index (χ2n) is 7.15. The molecule has 1 aliphatic heterocycles. The SMILES string of the molecule is C[C@@H]1CN(c2ccccc2)CCN1C(=O)c1cc(COc2c(F)cccc2F)on1. The van der Waals surface area contributed by atoms with Gasteiger partial charge in [-0.25, -0.2) is 8.78 Å². The van der Waals surface area contributed by atoms with Gasteiger partial charge in [0.05, 0.1) is 0 Å². The van der Waals surface area contributed by atoms with Crippen LogP contribution in [-0.4, -0.2) is 41.6 Å². The standard InChI is InChI=1S/C22H21F2N3O3/c1-15-13-26(16-6-3-2-4-7-16)10-11-27(15)22(28)20-12-17(30-25-20)14-29-21-18(23)8-5-9-19(21)24/h2-9,12,15H,10-11,13-14H2,1H3/t15-/m1/s1. The third-order valence-electron chi connectivity index (χ3n) is 5.07. The molecule has 1 atom stereocenters. The molecular weight excluding hydrogens is 392 g/mol. The number of nitrogens with zero attached hydrogens (tertiary/aromatic N) is 3.